The van der Waals surface area contributed by atoms with Crippen molar-refractivity contribution in [2.75, 3.05) is 7.11 Å². The summed E-state index contributed by atoms with van der Waals surface area (Å²) in [7, 11) is 1.68. The normalized spacial score (nSPS) is 28.4. The van der Waals surface area contributed by atoms with Gasteiger partial charge in [-0.25, -0.2) is 0 Å². The first kappa shape index (κ1) is 12.9. The minimum atomic E-state index is -0.110. The minimum absolute atomic E-state index is 0.110. The zero-order valence-electron chi connectivity index (χ0n) is 10.3. The first-order valence-corrected chi connectivity index (χ1v) is 6.91. The highest BCUT2D eigenvalue weighted by molar-refractivity contribution is 9.10. The highest BCUT2D eigenvalue weighted by Crippen LogP contribution is 2.35. The Morgan fingerprint density at radius 2 is 2.18 bits per heavy atom. The third-order valence-electron chi connectivity index (χ3n) is 3.90. The molecule has 1 saturated carbocycles. The molecule has 17 heavy (non-hydrogen) atoms. The second-order valence-electron chi connectivity index (χ2n) is 4.94. The van der Waals surface area contributed by atoms with E-state index in [-0.39, 0.29) is 6.10 Å². The van der Waals surface area contributed by atoms with Crippen LogP contribution in [0.1, 0.15) is 25.3 Å². The van der Waals surface area contributed by atoms with Gasteiger partial charge in [-0.1, -0.05) is 13.0 Å². The van der Waals surface area contributed by atoms with Gasteiger partial charge < -0.3 is 9.84 Å². The van der Waals surface area contributed by atoms with E-state index >= 15 is 0 Å². The number of ether oxygens (including phenoxy) is 1. The Labute approximate surface area is 111 Å². The number of methoxy groups -OCH3 is 1. The van der Waals surface area contributed by atoms with Crippen LogP contribution in [-0.2, 0) is 6.42 Å². The molecule has 2 rings (SSSR count). The maximum Gasteiger partial charge on any atom is 0.133 e. The molecule has 1 aliphatic rings. The molecule has 1 aliphatic carbocycles. The van der Waals surface area contributed by atoms with Crippen LogP contribution in [0.4, 0.5) is 0 Å². The summed E-state index contributed by atoms with van der Waals surface area (Å²) >= 11 is 3.51. The minimum Gasteiger partial charge on any atom is -0.496 e. The molecule has 0 bridgehead atoms. The summed E-state index contributed by atoms with van der Waals surface area (Å²) in [6.07, 6.45) is 3.01. The summed E-state index contributed by atoms with van der Waals surface area (Å²) < 4.78 is 6.22. The molecule has 0 heterocycles. The van der Waals surface area contributed by atoms with E-state index in [0.717, 1.165) is 29.5 Å². The third kappa shape index (κ3) is 2.83. The molecule has 1 fully saturated rings. The van der Waals surface area contributed by atoms with Crippen molar-refractivity contribution in [3.05, 3.63) is 28.2 Å². The molecule has 2 nitrogen and oxygen atoms in total. The Kier molecular flexibility index (Phi) is 4.10. The zero-order chi connectivity index (χ0) is 12.4. The smallest absolute Gasteiger partial charge is 0.133 e. The van der Waals surface area contributed by atoms with Gasteiger partial charge in [-0.2, -0.15) is 0 Å². The van der Waals surface area contributed by atoms with Crippen molar-refractivity contribution >= 4 is 15.9 Å². The topological polar surface area (TPSA) is 29.5 Å². The molecule has 94 valence electrons. The average molecular weight is 299 g/mol. The zero-order valence-corrected chi connectivity index (χ0v) is 11.9. The lowest BCUT2D eigenvalue weighted by Gasteiger charge is -2.17. The van der Waals surface area contributed by atoms with Crippen molar-refractivity contribution in [3.8, 4) is 5.75 Å². The molecule has 0 amide bonds. The van der Waals surface area contributed by atoms with Crippen LogP contribution < -0.4 is 4.74 Å². The van der Waals surface area contributed by atoms with E-state index in [1.165, 1.54) is 5.56 Å². The number of benzene rings is 1. The van der Waals surface area contributed by atoms with E-state index in [4.69, 9.17) is 4.74 Å². The van der Waals surface area contributed by atoms with Gasteiger partial charge in [0.1, 0.15) is 5.75 Å². The van der Waals surface area contributed by atoms with E-state index in [1.54, 1.807) is 7.11 Å². The summed E-state index contributed by atoms with van der Waals surface area (Å²) in [5.41, 5.74) is 1.31. The van der Waals surface area contributed by atoms with Gasteiger partial charge in [0.15, 0.2) is 0 Å². The first-order chi connectivity index (χ1) is 8.11. The van der Waals surface area contributed by atoms with E-state index in [2.05, 4.69) is 35.0 Å². The van der Waals surface area contributed by atoms with Crippen molar-refractivity contribution in [1.29, 1.82) is 0 Å². The van der Waals surface area contributed by atoms with E-state index in [0.29, 0.717) is 11.8 Å². The molecule has 0 radical (unpaired) electrons. The average Bonchev–Trinajstić information content (AvgIpc) is 2.61. The second-order valence-corrected chi connectivity index (χ2v) is 5.79. The molecule has 3 atom stereocenters. The monoisotopic (exact) mass is 298 g/mol. The lowest BCUT2D eigenvalue weighted by atomic mass is 9.90. The molecule has 3 heteroatoms. The molecule has 0 saturated heterocycles. The second kappa shape index (κ2) is 5.40. The summed E-state index contributed by atoms with van der Waals surface area (Å²) in [6, 6.07) is 6.23. The molecule has 1 aromatic rings. The van der Waals surface area contributed by atoms with Crippen LogP contribution in [0.2, 0.25) is 0 Å². The number of hydrogen-bond donors (Lipinski definition) is 1. The van der Waals surface area contributed by atoms with Crippen LogP contribution in [0, 0.1) is 11.8 Å². The standard InChI is InChI=1S/C14H19BrO2/c1-9-11(4-5-13(9)16)7-10-3-6-14(17-2)12(15)8-10/h3,6,8-9,11,13,16H,4-5,7H2,1-2H3. The Bertz CT molecular complexity index is 392. The third-order valence-corrected chi connectivity index (χ3v) is 4.52. The fraction of sp³-hybridized carbons (Fsp3) is 0.571. The quantitative estimate of drug-likeness (QED) is 0.927. The number of aliphatic hydroxyl groups excluding tert-OH is 1. The number of hydrogen-bond acceptors (Lipinski definition) is 2. The highest BCUT2D eigenvalue weighted by atomic mass is 79.9. The van der Waals surface area contributed by atoms with Crippen LogP contribution >= 0.6 is 15.9 Å². The highest BCUT2D eigenvalue weighted by Gasteiger charge is 2.31. The van der Waals surface area contributed by atoms with Crippen molar-refractivity contribution < 1.29 is 9.84 Å². The molecule has 0 aromatic heterocycles. The Morgan fingerprint density at radius 1 is 1.41 bits per heavy atom. The maximum atomic E-state index is 9.75. The van der Waals surface area contributed by atoms with Gasteiger partial charge in [-0.15, -0.1) is 0 Å². The van der Waals surface area contributed by atoms with Crippen LogP contribution in [0.3, 0.4) is 0 Å². The van der Waals surface area contributed by atoms with Gasteiger partial charge in [-0.3, -0.25) is 0 Å². The lowest BCUT2D eigenvalue weighted by molar-refractivity contribution is 0.127. The summed E-state index contributed by atoms with van der Waals surface area (Å²) in [5, 5.41) is 9.75. The summed E-state index contributed by atoms with van der Waals surface area (Å²) in [4.78, 5) is 0. The number of aliphatic hydroxyl groups is 1. The Morgan fingerprint density at radius 3 is 2.71 bits per heavy atom. The molecule has 1 N–H and O–H groups in total. The lowest BCUT2D eigenvalue weighted by Crippen LogP contribution is -2.16. The van der Waals surface area contributed by atoms with E-state index in [1.807, 2.05) is 6.07 Å². The fourth-order valence-electron chi connectivity index (χ4n) is 2.65. The Balaban J connectivity index is 2.06. The van der Waals surface area contributed by atoms with Gasteiger partial charge in [0.2, 0.25) is 0 Å². The summed E-state index contributed by atoms with van der Waals surface area (Å²) in [6.45, 7) is 2.15. The largest absolute Gasteiger partial charge is 0.496 e. The number of rotatable bonds is 3. The SMILES string of the molecule is COc1ccc(CC2CCC(O)C2C)cc1Br. The van der Waals surface area contributed by atoms with Crippen molar-refractivity contribution in [1.82, 2.24) is 0 Å². The summed E-state index contributed by atoms with van der Waals surface area (Å²) in [5.74, 6) is 1.88. The molecule has 3 unspecified atom stereocenters. The van der Waals surface area contributed by atoms with Gasteiger partial charge in [-0.05, 0) is 64.7 Å². The predicted molar refractivity (Wildman–Crippen MR) is 72.3 cm³/mol. The molecule has 0 spiro atoms. The van der Waals surface area contributed by atoms with Gasteiger partial charge in [0.25, 0.3) is 0 Å². The Hall–Kier alpha value is -0.540. The van der Waals surface area contributed by atoms with Gasteiger partial charge >= 0.3 is 0 Å². The molecular weight excluding hydrogens is 280 g/mol. The van der Waals surface area contributed by atoms with Crippen molar-refractivity contribution in [2.24, 2.45) is 11.8 Å². The van der Waals surface area contributed by atoms with Crippen molar-refractivity contribution in [2.45, 2.75) is 32.3 Å². The molecule has 0 aliphatic heterocycles. The van der Waals surface area contributed by atoms with Crippen LogP contribution in [0.15, 0.2) is 22.7 Å². The van der Waals surface area contributed by atoms with E-state index in [9.17, 15) is 5.11 Å². The fourth-order valence-corrected chi connectivity index (χ4v) is 3.24. The van der Waals surface area contributed by atoms with Crippen LogP contribution in [-0.4, -0.2) is 18.3 Å². The molecular formula is C14H19BrO2. The first-order valence-electron chi connectivity index (χ1n) is 6.12. The maximum absolute atomic E-state index is 9.75. The van der Waals surface area contributed by atoms with Crippen LogP contribution in [0.25, 0.3) is 0 Å². The predicted octanol–water partition coefficient (Wildman–Crippen LogP) is 3.41. The van der Waals surface area contributed by atoms with Crippen LogP contribution in [0.5, 0.6) is 5.75 Å². The van der Waals surface area contributed by atoms with E-state index < -0.39 is 0 Å². The van der Waals surface area contributed by atoms with Crippen molar-refractivity contribution in [3.63, 3.8) is 0 Å². The molecule has 1 aromatic carbocycles. The van der Waals surface area contributed by atoms with Gasteiger partial charge in [0.05, 0.1) is 17.7 Å². The number of halogens is 1. The van der Waals surface area contributed by atoms with Gasteiger partial charge in [0, 0.05) is 0 Å².